The highest BCUT2D eigenvalue weighted by molar-refractivity contribution is 5.74. The number of hydrogen-bond acceptors (Lipinski definition) is 6. The number of carboxylic acids is 1. The summed E-state index contributed by atoms with van der Waals surface area (Å²) >= 11 is 0. The Balaban J connectivity index is 3.26. The molecule has 0 radical (unpaired) electrons. The molecule has 0 bridgehead atoms. The Morgan fingerprint density at radius 1 is 1.44 bits per heavy atom. The molecule has 9 heteroatoms. The quantitative estimate of drug-likeness (QED) is 0.373. The fourth-order valence-electron chi connectivity index (χ4n) is 1.24. The van der Waals surface area contributed by atoms with E-state index in [-0.39, 0.29) is 0 Å². The molecule has 9 nitrogen and oxygen atoms in total. The van der Waals surface area contributed by atoms with Crippen LogP contribution >= 0.6 is 0 Å². The Morgan fingerprint density at radius 3 is 2.38 bits per heavy atom. The van der Waals surface area contributed by atoms with E-state index < -0.39 is 33.2 Å². The van der Waals surface area contributed by atoms with Crippen LogP contribution in [0.5, 0.6) is 0 Å². The van der Waals surface area contributed by atoms with Gasteiger partial charge in [-0.25, -0.2) is 0 Å². The second-order valence-corrected chi connectivity index (χ2v) is 3.04. The lowest BCUT2D eigenvalue weighted by molar-refractivity contribution is -0.615. The minimum Gasteiger partial charge on any atom is -0.481 e. The molecule has 86 valence electrons. The average Bonchev–Trinajstić information content (AvgIpc) is 2.16. The van der Waals surface area contributed by atoms with E-state index >= 15 is 0 Å². The van der Waals surface area contributed by atoms with Gasteiger partial charge < -0.3 is 10.2 Å². The Bertz CT molecular complexity index is 426. The fraction of sp³-hybridized carbons (Fsp3) is 0.286. The van der Waals surface area contributed by atoms with Gasteiger partial charge in [0.2, 0.25) is 0 Å². The first-order chi connectivity index (χ1) is 7.29. The maximum atomic E-state index is 10.6. The predicted molar refractivity (Wildman–Crippen MR) is 47.3 cm³/mol. The van der Waals surface area contributed by atoms with Crippen molar-refractivity contribution in [3.63, 3.8) is 0 Å². The lowest BCUT2D eigenvalue weighted by atomic mass is 9.90. The topological polar surface area (TPSA) is 144 Å². The van der Waals surface area contributed by atoms with Crippen molar-refractivity contribution < 1.29 is 24.9 Å². The van der Waals surface area contributed by atoms with Crippen LogP contribution in [-0.2, 0) is 4.79 Å². The number of aliphatic carboxylic acids is 1. The van der Waals surface area contributed by atoms with Crippen molar-refractivity contribution in [1.82, 2.24) is 0 Å². The number of rotatable bonds is 3. The third-order valence-corrected chi connectivity index (χ3v) is 2.05. The minimum atomic E-state index is -3.00. The second kappa shape index (κ2) is 3.70. The maximum absolute atomic E-state index is 10.6. The van der Waals surface area contributed by atoms with Gasteiger partial charge in [0.25, 0.3) is 5.70 Å². The van der Waals surface area contributed by atoms with Gasteiger partial charge in [-0.3, -0.25) is 25.0 Å². The summed E-state index contributed by atoms with van der Waals surface area (Å²) in [6, 6.07) is 0. The molecular weight excluding hydrogens is 224 g/mol. The van der Waals surface area contributed by atoms with Gasteiger partial charge in [0, 0.05) is 6.08 Å². The number of aliphatic hydroxyl groups is 1. The number of hydrogen-bond donors (Lipinski definition) is 2. The number of allylic oxidation sites excluding steroid dienone is 1. The Labute approximate surface area is 87.6 Å². The van der Waals surface area contributed by atoms with E-state index in [1.165, 1.54) is 0 Å². The van der Waals surface area contributed by atoms with Crippen LogP contribution in [0.4, 0.5) is 0 Å². The molecule has 0 aromatic rings. The van der Waals surface area contributed by atoms with Gasteiger partial charge in [-0.1, -0.05) is 6.08 Å². The van der Waals surface area contributed by atoms with Gasteiger partial charge >= 0.3 is 11.7 Å². The van der Waals surface area contributed by atoms with Crippen molar-refractivity contribution in [2.24, 2.45) is 5.92 Å². The lowest BCUT2D eigenvalue weighted by Gasteiger charge is -2.21. The maximum Gasteiger partial charge on any atom is 0.366 e. The first kappa shape index (κ1) is 11.8. The zero-order chi connectivity index (χ0) is 12.5. The molecule has 0 saturated heterocycles. The third kappa shape index (κ3) is 1.75. The molecule has 0 aromatic heterocycles. The highest BCUT2D eigenvalue weighted by Crippen LogP contribution is 2.28. The van der Waals surface area contributed by atoms with Crippen LogP contribution in [0.2, 0.25) is 0 Å². The fourth-order valence-corrected chi connectivity index (χ4v) is 1.24. The molecule has 1 rings (SSSR count). The first-order valence-corrected chi connectivity index (χ1v) is 3.94. The van der Waals surface area contributed by atoms with Gasteiger partial charge in [0.15, 0.2) is 5.92 Å². The van der Waals surface area contributed by atoms with E-state index in [9.17, 15) is 30.1 Å². The standard InChI is InChI=1S/C7H6N2O7/c10-6(11)5-2-1-4(8(13)14)3-7(5,12)9(15)16/h1-3,5,12H,(H,10,11). The van der Waals surface area contributed by atoms with Crippen molar-refractivity contribution in [2.75, 3.05) is 0 Å². The molecule has 2 unspecified atom stereocenters. The largest absolute Gasteiger partial charge is 0.481 e. The van der Waals surface area contributed by atoms with E-state index in [0.29, 0.717) is 12.2 Å². The van der Waals surface area contributed by atoms with Crippen LogP contribution in [0.3, 0.4) is 0 Å². The SMILES string of the molecule is O=C(O)C1C=CC([N+](=O)[O-])=CC1(O)[N+](=O)[O-]. The molecule has 0 aliphatic heterocycles. The summed E-state index contributed by atoms with van der Waals surface area (Å²) in [7, 11) is 0. The summed E-state index contributed by atoms with van der Waals surface area (Å²) in [6.45, 7) is 0. The van der Waals surface area contributed by atoms with Crippen molar-refractivity contribution >= 4 is 5.97 Å². The second-order valence-electron chi connectivity index (χ2n) is 3.04. The zero-order valence-electron chi connectivity index (χ0n) is 7.64. The van der Waals surface area contributed by atoms with Crippen LogP contribution in [0, 0.1) is 26.1 Å². The normalized spacial score (nSPS) is 28.3. The van der Waals surface area contributed by atoms with E-state index in [1.54, 1.807) is 0 Å². The molecule has 0 amide bonds. The third-order valence-electron chi connectivity index (χ3n) is 2.05. The van der Waals surface area contributed by atoms with Crippen molar-refractivity contribution in [3.8, 4) is 0 Å². The van der Waals surface area contributed by atoms with Gasteiger partial charge in [-0.15, -0.1) is 0 Å². The molecule has 0 saturated carbocycles. The summed E-state index contributed by atoms with van der Waals surface area (Å²) in [5.74, 6) is -3.50. The summed E-state index contributed by atoms with van der Waals surface area (Å²) in [4.78, 5) is 29.3. The van der Waals surface area contributed by atoms with Crippen LogP contribution in [0.15, 0.2) is 23.9 Å². The summed E-state index contributed by atoms with van der Waals surface area (Å²) in [6.07, 6.45) is 1.83. The molecule has 1 aliphatic rings. The van der Waals surface area contributed by atoms with E-state index in [4.69, 9.17) is 5.11 Å². The van der Waals surface area contributed by atoms with Gasteiger partial charge in [0.05, 0.1) is 9.85 Å². The molecule has 2 N–H and O–H groups in total. The zero-order valence-corrected chi connectivity index (χ0v) is 7.64. The molecular formula is C7H6N2O7. The van der Waals surface area contributed by atoms with Crippen molar-refractivity contribution in [3.05, 3.63) is 44.2 Å². The van der Waals surface area contributed by atoms with Crippen LogP contribution < -0.4 is 0 Å². The summed E-state index contributed by atoms with van der Waals surface area (Å²) < 4.78 is 0. The smallest absolute Gasteiger partial charge is 0.366 e. The van der Waals surface area contributed by atoms with Crippen LogP contribution in [-0.4, -0.2) is 31.8 Å². The molecule has 2 atom stereocenters. The van der Waals surface area contributed by atoms with E-state index in [0.717, 1.165) is 6.08 Å². The van der Waals surface area contributed by atoms with Gasteiger partial charge in [0.1, 0.15) is 6.08 Å². The molecule has 16 heavy (non-hydrogen) atoms. The first-order valence-electron chi connectivity index (χ1n) is 3.94. The molecule has 0 aromatic carbocycles. The van der Waals surface area contributed by atoms with Gasteiger partial charge in [-0.2, -0.15) is 0 Å². The van der Waals surface area contributed by atoms with Crippen LogP contribution in [0.1, 0.15) is 0 Å². The predicted octanol–water partition coefficient (Wildman–Crippen LogP) is -0.617. The monoisotopic (exact) mass is 230 g/mol. The van der Waals surface area contributed by atoms with Gasteiger partial charge in [-0.05, 0) is 0 Å². The number of nitro groups is 2. The number of nitrogens with zero attached hydrogens (tertiary/aromatic N) is 2. The lowest BCUT2D eigenvalue weighted by Crippen LogP contribution is -2.48. The molecule has 0 fully saturated rings. The van der Waals surface area contributed by atoms with Crippen molar-refractivity contribution in [2.45, 2.75) is 5.72 Å². The van der Waals surface area contributed by atoms with Crippen molar-refractivity contribution in [1.29, 1.82) is 0 Å². The molecule has 1 aliphatic carbocycles. The average molecular weight is 230 g/mol. The summed E-state index contributed by atoms with van der Waals surface area (Å²) in [5.41, 5.74) is -3.72. The highest BCUT2D eigenvalue weighted by atomic mass is 16.7. The Morgan fingerprint density at radius 2 is 2.00 bits per heavy atom. The number of carbonyl (C=O) groups is 1. The van der Waals surface area contributed by atoms with E-state index in [2.05, 4.69) is 0 Å². The number of carboxylic acid groups (broad SMARTS) is 1. The molecule has 0 heterocycles. The molecule has 0 spiro atoms. The van der Waals surface area contributed by atoms with Crippen LogP contribution in [0.25, 0.3) is 0 Å². The highest BCUT2D eigenvalue weighted by Gasteiger charge is 2.53. The van der Waals surface area contributed by atoms with E-state index in [1.807, 2.05) is 0 Å². The summed E-state index contributed by atoms with van der Waals surface area (Å²) in [5, 5.41) is 39.0. The minimum absolute atomic E-state index is 0.311. The Hall–Kier alpha value is -2.29. The Kier molecular flexibility index (Phi) is 2.72.